The van der Waals surface area contributed by atoms with Crippen LogP contribution in [0.5, 0.6) is 0 Å². The van der Waals surface area contributed by atoms with Crippen LogP contribution in [0.4, 0.5) is 0 Å². The Bertz CT molecular complexity index is 204. The topological polar surface area (TPSA) is 26.3 Å². The van der Waals surface area contributed by atoms with Gasteiger partial charge in [-0.1, -0.05) is 12.2 Å². The normalized spacial score (nSPS) is 18.3. The van der Waals surface area contributed by atoms with Crippen LogP contribution in [0.25, 0.3) is 0 Å². The van der Waals surface area contributed by atoms with Crippen molar-refractivity contribution in [3.63, 3.8) is 0 Å². The van der Waals surface area contributed by atoms with Crippen molar-refractivity contribution in [1.29, 1.82) is 0 Å². The third-order valence-electron chi connectivity index (χ3n) is 2.19. The van der Waals surface area contributed by atoms with Crippen molar-refractivity contribution in [3.8, 4) is 0 Å². The molecule has 1 aliphatic carbocycles. The van der Waals surface area contributed by atoms with E-state index in [9.17, 15) is 4.79 Å². The van der Waals surface area contributed by atoms with Crippen molar-refractivity contribution < 1.29 is 9.53 Å². The molecule has 0 N–H and O–H groups in total. The van der Waals surface area contributed by atoms with E-state index in [2.05, 4.69) is 6.58 Å². The molecule has 74 valence electrons. The first-order valence-corrected chi connectivity index (χ1v) is 4.93. The molecule has 2 heteroatoms. The average Bonchev–Trinajstić information content (AvgIpc) is 2.81. The van der Waals surface area contributed by atoms with Gasteiger partial charge in [-0.15, -0.1) is 0 Å². The molecule has 2 nitrogen and oxygen atoms in total. The summed E-state index contributed by atoms with van der Waals surface area (Å²) in [7, 11) is 0. The Labute approximate surface area is 80.0 Å². The molecule has 0 aromatic carbocycles. The highest BCUT2D eigenvalue weighted by Crippen LogP contribution is 2.35. The molecule has 13 heavy (non-hydrogen) atoms. The molecule has 0 aromatic rings. The van der Waals surface area contributed by atoms with Gasteiger partial charge < -0.3 is 4.74 Å². The zero-order chi connectivity index (χ0) is 9.84. The fourth-order valence-corrected chi connectivity index (χ4v) is 1.47. The maximum atomic E-state index is 11.6. The Morgan fingerprint density at radius 1 is 1.62 bits per heavy atom. The molecule has 1 fully saturated rings. The van der Waals surface area contributed by atoms with E-state index < -0.39 is 0 Å². The summed E-state index contributed by atoms with van der Waals surface area (Å²) < 4.78 is 5.44. The summed E-state index contributed by atoms with van der Waals surface area (Å²) in [6, 6.07) is 0. The highest BCUT2D eigenvalue weighted by molar-refractivity contribution is 5.85. The SMILES string of the molecule is C=C(C)CC(=O)C(OCC)C1CC1. The fourth-order valence-electron chi connectivity index (χ4n) is 1.47. The predicted molar refractivity (Wildman–Crippen MR) is 52.6 cm³/mol. The van der Waals surface area contributed by atoms with Crippen molar-refractivity contribution in [2.75, 3.05) is 6.61 Å². The second-order valence-corrected chi connectivity index (χ2v) is 3.81. The fraction of sp³-hybridized carbons (Fsp3) is 0.727. The first-order valence-electron chi connectivity index (χ1n) is 4.93. The monoisotopic (exact) mass is 182 g/mol. The maximum absolute atomic E-state index is 11.6. The van der Waals surface area contributed by atoms with Crippen LogP contribution in [-0.4, -0.2) is 18.5 Å². The van der Waals surface area contributed by atoms with Gasteiger partial charge in [0.05, 0.1) is 0 Å². The summed E-state index contributed by atoms with van der Waals surface area (Å²) in [6.07, 6.45) is 2.61. The van der Waals surface area contributed by atoms with Gasteiger partial charge in [0, 0.05) is 13.0 Å². The van der Waals surface area contributed by atoms with Crippen molar-refractivity contribution in [1.82, 2.24) is 0 Å². The summed E-state index contributed by atoms with van der Waals surface area (Å²) in [6.45, 7) is 8.19. The lowest BCUT2D eigenvalue weighted by Gasteiger charge is -2.14. The number of carbonyl (C=O) groups excluding carboxylic acids is 1. The summed E-state index contributed by atoms with van der Waals surface area (Å²) in [5.41, 5.74) is 0.926. The number of Topliss-reactive ketones (excluding diaryl/α,β-unsaturated/α-hetero) is 1. The molecule has 0 heterocycles. The first kappa shape index (κ1) is 10.5. The molecule has 1 unspecified atom stereocenters. The Morgan fingerprint density at radius 3 is 2.62 bits per heavy atom. The quantitative estimate of drug-likeness (QED) is 0.589. The van der Waals surface area contributed by atoms with Crippen LogP contribution >= 0.6 is 0 Å². The third-order valence-corrected chi connectivity index (χ3v) is 2.19. The van der Waals surface area contributed by atoms with Gasteiger partial charge in [0.15, 0.2) is 5.78 Å². The van der Waals surface area contributed by atoms with Gasteiger partial charge >= 0.3 is 0 Å². The molecular formula is C11H18O2. The van der Waals surface area contributed by atoms with E-state index in [1.54, 1.807) is 0 Å². The number of ether oxygens (including phenoxy) is 1. The van der Waals surface area contributed by atoms with Crippen LogP contribution in [0.3, 0.4) is 0 Å². The molecule has 0 bridgehead atoms. The molecule has 0 aromatic heterocycles. The summed E-state index contributed by atoms with van der Waals surface area (Å²) in [5, 5.41) is 0. The molecule has 1 aliphatic rings. The standard InChI is InChI=1S/C11H18O2/c1-4-13-11(9-5-6-9)10(12)7-8(2)3/h9,11H,2,4-7H2,1,3H3. The largest absolute Gasteiger partial charge is 0.370 e. The van der Waals surface area contributed by atoms with E-state index in [0.717, 1.165) is 18.4 Å². The van der Waals surface area contributed by atoms with Gasteiger partial charge in [-0.2, -0.15) is 0 Å². The Balaban J connectivity index is 2.43. The van der Waals surface area contributed by atoms with E-state index in [1.165, 1.54) is 0 Å². The van der Waals surface area contributed by atoms with Crippen LogP contribution in [0.15, 0.2) is 12.2 Å². The van der Waals surface area contributed by atoms with E-state index >= 15 is 0 Å². The van der Waals surface area contributed by atoms with Crippen LogP contribution in [0.1, 0.15) is 33.1 Å². The van der Waals surface area contributed by atoms with Gasteiger partial charge in [0.1, 0.15) is 6.10 Å². The Kier molecular flexibility index (Phi) is 3.67. The summed E-state index contributed by atoms with van der Waals surface area (Å²) in [5.74, 6) is 0.698. The Hall–Kier alpha value is -0.630. The lowest BCUT2D eigenvalue weighted by Crippen LogP contribution is -2.26. The van der Waals surface area contributed by atoms with Gasteiger partial charge in [-0.05, 0) is 32.6 Å². The molecule has 0 aliphatic heterocycles. The van der Waals surface area contributed by atoms with Crippen LogP contribution in [-0.2, 0) is 9.53 Å². The predicted octanol–water partition coefficient (Wildman–Crippen LogP) is 2.34. The lowest BCUT2D eigenvalue weighted by molar-refractivity contribution is -0.130. The number of hydrogen-bond acceptors (Lipinski definition) is 2. The Morgan fingerprint density at radius 2 is 2.23 bits per heavy atom. The molecule has 1 saturated carbocycles. The average molecular weight is 182 g/mol. The molecule has 0 spiro atoms. The number of rotatable bonds is 6. The zero-order valence-electron chi connectivity index (χ0n) is 8.51. The van der Waals surface area contributed by atoms with Crippen molar-refractivity contribution in [2.45, 2.75) is 39.2 Å². The lowest BCUT2D eigenvalue weighted by atomic mass is 10.0. The molecule has 0 radical (unpaired) electrons. The van der Waals surface area contributed by atoms with Gasteiger partial charge in [0.2, 0.25) is 0 Å². The van der Waals surface area contributed by atoms with Crippen LogP contribution in [0.2, 0.25) is 0 Å². The summed E-state index contributed by atoms with van der Waals surface area (Å²) >= 11 is 0. The van der Waals surface area contributed by atoms with Crippen LogP contribution < -0.4 is 0 Å². The zero-order valence-corrected chi connectivity index (χ0v) is 8.51. The minimum absolute atomic E-state index is 0.151. The van der Waals surface area contributed by atoms with Gasteiger partial charge in [-0.25, -0.2) is 0 Å². The van der Waals surface area contributed by atoms with Gasteiger partial charge in [0.25, 0.3) is 0 Å². The van der Waals surface area contributed by atoms with E-state index in [1.807, 2.05) is 13.8 Å². The molecule has 0 saturated heterocycles. The minimum atomic E-state index is -0.151. The summed E-state index contributed by atoms with van der Waals surface area (Å²) in [4.78, 5) is 11.6. The second-order valence-electron chi connectivity index (χ2n) is 3.81. The van der Waals surface area contributed by atoms with Gasteiger partial charge in [-0.3, -0.25) is 4.79 Å². The van der Waals surface area contributed by atoms with E-state index in [-0.39, 0.29) is 11.9 Å². The number of hydrogen-bond donors (Lipinski definition) is 0. The highest BCUT2D eigenvalue weighted by atomic mass is 16.5. The van der Waals surface area contributed by atoms with Crippen LogP contribution in [0, 0.1) is 5.92 Å². The second kappa shape index (κ2) is 4.56. The molecule has 1 atom stereocenters. The highest BCUT2D eigenvalue weighted by Gasteiger charge is 2.36. The smallest absolute Gasteiger partial charge is 0.165 e. The van der Waals surface area contributed by atoms with Crippen molar-refractivity contribution in [3.05, 3.63) is 12.2 Å². The number of carbonyl (C=O) groups is 1. The number of allylic oxidation sites excluding steroid dienone is 1. The van der Waals surface area contributed by atoms with E-state index in [0.29, 0.717) is 18.9 Å². The maximum Gasteiger partial charge on any atom is 0.165 e. The molecule has 1 rings (SSSR count). The van der Waals surface area contributed by atoms with Crippen molar-refractivity contribution >= 4 is 5.78 Å². The molecule has 0 amide bonds. The van der Waals surface area contributed by atoms with E-state index in [4.69, 9.17) is 4.74 Å². The first-order chi connectivity index (χ1) is 6.15. The third kappa shape index (κ3) is 3.31. The number of ketones is 1. The molecular weight excluding hydrogens is 164 g/mol. The minimum Gasteiger partial charge on any atom is -0.370 e. The van der Waals surface area contributed by atoms with Crippen molar-refractivity contribution in [2.24, 2.45) is 5.92 Å².